The lowest BCUT2D eigenvalue weighted by molar-refractivity contribution is -0.143. The van der Waals surface area contributed by atoms with Crippen LogP contribution >= 0.6 is 0 Å². The second-order valence-electron chi connectivity index (χ2n) is 5.58. The maximum Gasteiger partial charge on any atom is 0.336 e. The van der Waals surface area contributed by atoms with Crippen molar-refractivity contribution in [2.45, 2.75) is 19.9 Å². The van der Waals surface area contributed by atoms with Crippen LogP contribution in [0.5, 0.6) is 5.75 Å². The predicted octanol–water partition coefficient (Wildman–Crippen LogP) is 1.50. The fourth-order valence-electron chi connectivity index (χ4n) is 2.75. The average molecular weight is 344 g/mol. The first-order chi connectivity index (χ1) is 12.0. The molecule has 0 N–H and O–H groups in total. The number of imide groups is 2. The highest BCUT2D eigenvalue weighted by atomic mass is 16.5. The van der Waals surface area contributed by atoms with Gasteiger partial charge in [-0.3, -0.25) is 19.4 Å². The highest BCUT2D eigenvalue weighted by Crippen LogP contribution is 2.25. The largest absolute Gasteiger partial charge is 0.497 e. The molecule has 1 aliphatic rings. The second kappa shape index (κ2) is 6.39. The standard InChI is InChI=1S/C17H16N2O6/c1-3-6-18-15(21)16(22)19(17(18)23)9-10-7-14(20)25-13-8-11(24-2)4-5-12(10)13/h4-5,7-8H,3,6,9H2,1-2H3. The Morgan fingerprint density at radius 1 is 1.04 bits per heavy atom. The summed E-state index contributed by atoms with van der Waals surface area (Å²) in [6, 6.07) is 5.42. The summed E-state index contributed by atoms with van der Waals surface area (Å²) >= 11 is 0. The van der Waals surface area contributed by atoms with Gasteiger partial charge in [0.1, 0.15) is 11.3 Å². The molecule has 0 atom stereocenters. The van der Waals surface area contributed by atoms with E-state index < -0.39 is 23.5 Å². The molecule has 1 aromatic heterocycles. The van der Waals surface area contributed by atoms with Gasteiger partial charge < -0.3 is 9.15 Å². The van der Waals surface area contributed by atoms with E-state index in [-0.39, 0.29) is 18.7 Å². The summed E-state index contributed by atoms with van der Waals surface area (Å²) in [4.78, 5) is 49.9. The van der Waals surface area contributed by atoms with Crippen LogP contribution in [0.15, 0.2) is 33.5 Å². The molecular weight excluding hydrogens is 328 g/mol. The molecule has 8 heteroatoms. The molecule has 1 saturated heterocycles. The maximum atomic E-state index is 12.3. The average Bonchev–Trinajstić information content (AvgIpc) is 2.79. The van der Waals surface area contributed by atoms with Crippen molar-refractivity contribution in [1.82, 2.24) is 9.80 Å². The molecule has 2 heterocycles. The first-order valence-corrected chi connectivity index (χ1v) is 7.74. The molecule has 0 unspecified atom stereocenters. The predicted molar refractivity (Wildman–Crippen MR) is 87.0 cm³/mol. The van der Waals surface area contributed by atoms with Crippen LogP contribution in [0.3, 0.4) is 0 Å². The summed E-state index contributed by atoms with van der Waals surface area (Å²) in [5.41, 5.74) is 0.0750. The van der Waals surface area contributed by atoms with Crippen LogP contribution in [0.2, 0.25) is 0 Å². The van der Waals surface area contributed by atoms with Crippen molar-refractivity contribution in [3.8, 4) is 5.75 Å². The van der Waals surface area contributed by atoms with E-state index in [9.17, 15) is 19.2 Å². The van der Waals surface area contributed by atoms with Crippen molar-refractivity contribution >= 4 is 28.8 Å². The van der Waals surface area contributed by atoms with Crippen molar-refractivity contribution < 1.29 is 23.5 Å². The number of hydrogen-bond acceptors (Lipinski definition) is 6. The minimum atomic E-state index is -0.895. The topological polar surface area (TPSA) is 97.1 Å². The number of fused-ring (bicyclic) bond motifs is 1. The lowest BCUT2D eigenvalue weighted by Crippen LogP contribution is -2.33. The molecule has 1 aliphatic heterocycles. The Hall–Kier alpha value is -3.16. The van der Waals surface area contributed by atoms with Gasteiger partial charge in [0.25, 0.3) is 0 Å². The number of carbonyl (C=O) groups is 3. The molecular formula is C17H16N2O6. The van der Waals surface area contributed by atoms with E-state index in [4.69, 9.17) is 9.15 Å². The maximum absolute atomic E-state index is 12.3. The molecule has 130 valence electrons. The fraction of sp³-hybridized carbons (Fsp3) is 0.294. The zero-order valence-corrected chi connectivity index (χ0v) is 13.8. The van der Waals surface area contributed by atoms with Crippen molar-refractivity contribution in [2.75, 3.05) is 13.7 Å². The molecule has 0 aliphatic carbocycles. The minimum Gasteiger partial charge on any atom is -0.497 e. The Morgan fingerprint density at radius 3 is 2.44 bits per heavy atom. The van der Waals surface area contributed by atoms with Gasteiger partial charge in [-0.15, -0.1) is 0 Å². The third kappa shape index (κ3) is 2.86. The lowest BCUT2D eigenvalue weighted by atomic mass is 10.1. The molecule has 0 spiro atoms. The van der Waals surface area contributed by atoms with Crippen LogP contribution in [0.25, 0.3) is 11.0 Å². The molecule has 1 aromatic carbocycles. The van der Waals surface area contributed by atoms with Gasteiger partial charge in [0.05, 0.1) is 13.7 Å². The normalized spacial score (nSPS) is 14.7. The summed E-state index contributed by atoms with van der Waals surface area (Å²) in [5, 5.41) is 0.558. The number of benzene rings is 1. The first-order valence-electron chi connectivity index (χ1n) is 7.74. The smallest absolute Gasteiger partial charge is 0.336 e. The van der Waals surface area contributed by atoms with E-state index in [0.717, 1.165) is 9.80 Å². The highest BCUT2D eigenvalue weighted by Gasteiger charge is 2.43. The van der Waals surface area contributed by atoms with Crippen LogP contribution < -0.4 is 10.4 Å². The second-order valence-corrected chi connectivity index (χ2v) is 5.58. The highest BCUT2D eigenvalue weighted by molar-refractivity contribution is 6.44. The Balaban J connectivity index is 2.00. The SMILES string of the molecule is CCCN1C(=O)C(=O)N(Cc2cc(=O)oc3cc(OC)ccc23)C1=O. The number of urea groups is 1. The Morgan fingerprint density at radius 2 is 1.76 bits per heavy atom. The van der Waals surface area contributed by atoms with Gasteiger partial charge in [-0.05, 0) is 24.1 Å². The molecule has 8 nitrogen and oxygen atoms in total. The zero-order chi connectivity index (χ0) is 18.1. The Bertz CT molecular complexity index is 932. The number of amides is 4. The molecule has 3 rings (SSSR count). The zero-order valence-electron chi connectivity index (χ0n) is 13.8. The summed E-state index contributed by atoms with van der Waals surface area (Å²) < 4.78 is 10.2. The number of nitrogens with zero attached hydrogens (tertiary/aromatic N) is 2. The van der Waals surface area contributed by atoms with E-state index in [1.54, 1.807) is 25.1 Å². The Labute approximate surface area is 142 Å². The van der Waals surface area contributed by atoms with Gasteiger partial charge in [-0.25, -0.2) is 9.59 Å². The fourth-order valence-corrected chi connectivity index (χ4v) is 2.75. The molecule has 1 fully saturated rings. The van der Waals surface area contributed by atoms with Crippen LogP contribution in [-0.2, 0) is 16.1 Å². The number of hydrogen-bond donors (Lipinski definition) is 0. The van der Waals surface area contributed by atoms with Gasteiger partial charge in [0.2, 0.25) is 0 Å². The number of rotatable bonds is 5. The van der Waals surface area contributed by atoms with Gasteiger partial charge in [-0.1, -0.05) is 6.92 Å². The van der Waals surface area contributed by atoms with Crippen LogP contribution in [0.1, 0.15) is 18.9 Å². The van der Waals surface area contributed by atoms with Gasteiger partial charge >= 0.3 is 23.5 Å². The van der Waals surface area contributed by atoms with Gasteiger partial charge in [0, 0.05) is 24.1 Å². The molecule has 0 radical (unpaired) electrons. The van der Waals surface area contributed by atoms with E-state index in [1.165, 1.54) is 13.2 Å². The summed E-state index contributed by atoms with van der Waals surface area (Å²) in [5.74, 6) is -1.24. The number of methoxy groups -OCH3 is 1. The van der Waals surface area contributed by atoms with Crippen molar-refractivity contribution in [3.63, 3.8) is 0 Å². The van der Waals surface area contributed by atoms with Gasteiger partial charge in [0.15, 0.2) is 0 Å². The van der Waals surface area contributed by atoms with E-state index in [1.807, 2.05) is 0 Å². The molecule has 2 aromatic rings. The molecule has 25 heavy (non-hydrogen) atoms. The van der Waals surface area contributed by atoms with E-state index >= 15 is 0 Å². The van der Waals surface area contributed by atoms with Crippen molar-refractivity contribution in [2.24, 2.45) is 0 Å². The summed E-state index contributed by atoms with van der Waals surface area (Å²) in [6.07, 6.45) is 0.552. The van der Waals surface area contributed by atoms with Crippen LogP contribution in [0.4, 0.5) is 4.79 Å². The number of ether oxygens (including phenoxy) is 1. The van der Waals surface area contributed by atoms with Crippen molar-refractivity contribution in [1.29, 1.82) is 0 Å². The number of carbonyl (C=O) groups excluding carboxylic acids is 3. The monoisotopic (exact) mass is 344 g/mol. The summed E-state index contributed by atoms with van der Waals surface area (Å²) in [6.45, 7) is 1.80. The van der Waals surface area contributed by atoms with Crippen LogP contribution in [0, 0.1) is 0 Å². The van der Waals surface area contributed by atoms with Crippen molar-refractivity contribution in [3.05, 3.63) is 40.2 Å². The minimum absolute atomic E-state index is 0.175. The van der Waals surface area contributed by atoms with Crippen LogP contribution in [-0.4, -0.2) is 41.3 Å². The van der Waals surface area contributed by atoms with E-state index in [2.05, 4.69) is 0 Å². The molecule has 4 amide bonds. The third-order valence-corrected chi connectivity index (χ3v) is 3.95. The molecule has 0 saturated carbocycles. The first kappa shape index (κ1) is 16.7. The Kier molecular flexibility index (Phi) is 4.26. The van der Waals surface area contributed by atoms with E-state index in [0.29, 0.717) is 23.1 Å². The third-order valence-electron chi connectivity index (χ3n) is 3.95. The summed E-state index contributed by atoms with van der Waals surface area (Å²) in [7, 11) is 1.48. The lowest BCUT2D eigenvalue weighted by Gasteiger charge is -2.15. The molecule has 0 bridgehead atoms. The quantitative estimate of drug-likeness (QED) is 0.463. The van der Waals surface area contributed by atoms with Gasteiger partial charge in [-0.2, -0.15) is 0 Å².